The van der Waals surface area contributed by atoms with Crippen molar-refractivity contribution in [1.82, 2.24) is 0 Å². The first-order valence-corrected chi connectivity index (χ1v) is 13.4. The van der Waals surface area contributed by atoms with Crippen molar-refractivity contribution in [3.05, 3.63) is 113 Å². The van der Waals surface area contributed by atoms with Crippen molar-refractivity contribution in [3.8, 4) is 23.0 Å². The Morgan fingerprint density at radius 3 is 2.17 bits per heavy atom. The lowest BCUT2D eigenvalue weighted by Crippen LogP contribution is -2.28. The molecule has 0 unspecified atom stereocenters. The number of carbonyl (C=O) groups is 1. The van der Waals surface area contributed by atoms with Crippen molar-refractivity contribution < 1.29 is 23.7 Å². The second kappa shape index (κ2) is 12.4. The minimum atomic E-state index is -0.143. The number of carbonyl (C=O) groups excluding carboxylic acids is 1. The maximum atomic E-state index is 13.6. The van der Waals surface area contributed by atoms with Gasteiger partial charge in [0.25, 0.3) is 5.91 Å². The van der Waals surface area contributed by atoms with Crippen LogP contribution in [0, 0.1) is 0 Å². The smallest absolute Gasteiger partial charge is 0.271 e. The molecule has 8 heteroatoms. The number of amides is 1. The van der Waals surface area contributed by atoms with Crippen molar-refractivity contribution in [3.63, 3.8) is 0 Å². The van der Waals surface area contributed by atoms with Crippen molar-refractivity contribution >= 4 is 40.3 Å². The first-order valence-electron chi connectivity index (χ1n) is 12.5. The van der Waals surface area contributed by atoms with Crippen LogP contribution in [0.4, 0.5) is 11.4 Å². The maximum absolute atomic E-state index is 13.6. The number of rotatable bonds is 9. The molecule has 0 radical (unpaired) electrons. The normalized spacial score (nSPS) is 15.0. The number of thioether (sulfide) groups is 1. The molecule has 5 rings (SSSR count). The molecule has 0 bridgehead atoms. The molecule has 1 saturated heterocycles. The summed E-state index contributed by atoms with van der Waals surface area (Å²) in [6.45, 7) is 0.261. The zero-order valence-electron chi connectivity index (χ0n) is 22.4. The van der Waals surface area contributed by atoms with Crippen molar-refractivity contribution in [2.24, 2.45) is 4.99 Å². The standard InChI is InChI=1S/C32H28N2O5S/c1-36-26-15-17-27(37-2)23(20-26)21-39-28-16-14-22(18-29(28)38-3)19-30-31(35)34(25-12-8-5-9-13-25)32(40-30)33-24-10-6-4-7-11-24/h4-20H,21H2,1-3H3/b30-19-,33-32?. The minimum Gasteiger partial charge on any atom is -0.497 e. The Hall–Kier alpha value is -4.69. The molecule has 0 N–H and O–H groups in total. The molecule has 1 aliphatic heterocycles. The third-order valence-electron chi connectivity index (χ3n) is 6.16. The monoisotopic (exact) mass is 552 g/mol. The molecule has 0 spiro atoms. The number of para-hydroxylation sites is 2. The summed E-state index contributed by atoms with van der Waals surface area (Å²) in [5, 5.41) is 0.591. The Kier molecular flexibility index (Phi) is 8.37. The highest BCUT2D eigenvalue weighted by Gasteiger charge is 2.34. The number of aliphatic imine (C=N–C) groups is 1. The number of methoxy groups -OCH3 is 3. The van der Waals surface area contributed by atoms with E-state index >= 15 is 0 Å². The number of amidine groups is 1. The zero-order chi connectivity index (χ0) is 27.9. The van der Waals surface area contributed by atoms with Gasteiger partial charge >= 0.3 is 0 Å². The Bertz CT molecular complexity index is 1550. The van der Waals surface area contributed by atoms with E-state index in [1.807, 2.05) is 103 Å². The van der Waals surface area contributed by atoms with Crippen LogP contribution in [0.15, 0.2) is 107 Å². The number of ether oxygens (including phenoxy) is 4. The van der Waals surface area contributed by atoms with Gasteiger partial charge in [0.15, 0.2) is 16.7 Å². The summed E-state index contributed by atoms with van der Waals surface area (Å²) < 4.78 is 22.5. The molecule has 202 valence electrons. The minimum absolute atomic E-state index is 0.143. The van der Waals surface area contributed by atoms with Gasteiger partial charge in [0.2, 0.25) is 0 Å². The molecule has 1 fully saturated rings. The fourth-order valence-electron chi connectivity index (χ4n) is 4.16. The summed E-state index contributed by atoms with van der Waals surface area (Å²) in [5.74, 6) is 2.39. The predicted octanol–water partition coefficient (Wildman–Crippen LogP) is 7.10. The number of anilines is 1. The van der Waals surface area contributed by atoms with E-state index in [4.69, 9.17) is 23.9 Å². The lowest BCUT2D eigenvalue weighted by molar-refractivity contribution is -0.113. The average Bonchev–Trinajstić information content (AvgIpc) is 3.30. The van der Waals surface area contributed by atoms with Crippen LogP contribution < -0.4 is 23.8 Å². The molecule has 0 aromatic heterocycles. The third-order valence-corrected chi connectivity index (χ3v) is 7.13. The highest BCUT2D eigenvalue weighted by atomic mass is 32.2. The Morgan fingerprint density at radius 1 is 0.775 bits per heavy atom. The first-order chi connectivity index (χ1) is 19.6. The highest BCUT2D eigenvalue weighted by Crippen LogP contribution is 2.38. The average molecular weight is 553 g/mol. The number of benzene rings is 4. The van der Waals surface area contributed by atoms with E-state index < -0.39 is 0 Å². The van der Waals surface area contributed by atoms with E-state index in [1.54, 1.807) is 26.2 Å². The van der Waals surface area contributed by atoms with Gasteiger partial charge in [-0.1, -0.05) is 42.5 Å². The largest absolute Gasteiger partial charge is 0.497 e. The highest BCUT2D eigenvalue weighted by molar-refractivity contribution is 8.19. The van der Waals surface area contributed by atoms with Crippen LogP contribution in [0.2, 0.25) is 0 Å². The molecule has 7 nitrogen and oxygen atoms in total. The Balaban J connectivity index is 1.41. The van der Waals surface area contributed by atoms with Gasteiger partial charge in [-0.25, -0.2) is 4.99 Å². The van der Waals surface area contributed by atoms with Gasteiger partial charge in [-0.15, -0.1) is 0 Å². The molecule has 40 heavy (non-hydrogen) atoms. The summed E-state index contributed by atoms with van der Waals surface area (Å²) in [5.41, 5.74) is 3.17. The van der Waals surface area contributed by atoms with Crippen molar-refractivity contribution in [1.29, 1.82) is 0 Å². The second-order valence-electron chi connectivity index (χ2n) is 8.69. The Labute approximate surface area is 237 Å². The quantitative estimate of drug-likeness (QED) is 0.206. The van der Waals surface area contributed by atoms with E-state index in [0.29, 0.717) is 33.1 Å². The first kappa shape index (κ1) is 26.9. The topological polar surface area (TPSA) is 69.6 Å². The molecule has 0 atom stereocenters. The van der Waals surface area contributed by atoms with Crippen LogP contribution in [-0.2, 0) is 11.4 Å². The molecule has 0 aliphatic carbocycles. The zero-order valence-corrected chi connectivity index (χ0v) is 23.2. The molecule has 4 aromatic rings. The van der Waals surface area contributed by atoms with Crippen LogP contribution in [-0.4, -0.2) is 32.4 Å². The van der Waals surface area contributed by atoms with Gasteiger partial charge in [0.1, 0.15) is 18.1 Å². The summed E-state index contributed by atoms with van der Waals surface area (Å²) in [6.07, 6.45) is 1.84. The molecule has 1 heterocycles. The van der Waals surface area contributed by atoms with Crippen LogP contribution >= 0.6 is 11.8 Å². The molecule has 0 saturated carbocycles. The van der Waals surface area contributed by atoms with Gasteiger partial charge in [-0.05, 0) is 78.0 Å². The van der Waals surface area contributed by atoms with E-state index in [1.165, 1.54) is 11.8 Å². The Morgan fingerprint density at radius 2 is 1.48 bits per heavy atom. The van der Waals surface area contributed by atoms with Crippen LogP contribution in [0.3, 0.4) is 0 Å². The molecule has 1 aliphatic rings. The molecule has 1 amide bonds. The SMILES string of the molecule is COc1ccc(OC)c(COc2ccc(/C=C3\SC(=Nc4ccccc4)N(c4ccccc4)C3=O)cc2OC)c1. The fourth-order valence-corrected chi connectivity index (χ4v) is 5.16. The van der Waals surface area contributed by atoms with Crippen LogP contribution in [0.25, 0.3) is 6.08 Å². The molecular weight excluding hydrogens is 524 g/mol. The van der Waals surface area contributed by atoms with Crippen molar-refractivity contribution in [2.75, 3.05) is 26.2 Å². The van der Waals surface area contributed by atoms with Gasteiger partial charge in [0, 0.05) is 5.56 Å². The number of hydrogen-bond donors (Lipinski definition) is 0. The molecular formula is C32H28N2O5S. The summed E-state index contributed by atoms with van der Waals surface area (Å²) in [4.78, 5) is 20.5. The molecule has 4 aromatic carbocycles. The third kappa shape index (κ3) is 5.97. The van der Waals surface area contributed by atoms with Crippen molar-refractivity contribution in [2.45, 2.75) is 6.61 Å². The van der Waals surface area contributed by atoms with Gasteiger partial charge < -0.3 is 18.9 Å². The summed E-state index contributed by atoms with van der Waals surface area (Å²) >= 11 is 1.33. The van der Waals surface area contributed by atoms with E-state index in [0.717, 1.165) is 22.5 Å². The lowest BCUT2D eigenvalue weighted by atomic mass is 10.1. The van der Waals surface area contributed by atoms with E-state index in [-0.39, 0.29) is 12.5 Å². The van der Waals surface area contributed by atoms with E-state index in [2.05, 4.69) is 0 Å². The van der Waals surface area contributed by atoms with E-state index in [9.17, 15) is 4.79 Å². The second-order valence-corrected chi connectivity index (χ2v) is 9.70. The summed E-state index contributed by atoms with van der Waals surface area (Å²) in [7, 11) is 4.82. The number of nitrogens with zero attached hydrogens (tertiary/aromatic N) is 2. The van der Waals surface area contributed by atoms with Gasteiger partial charge in [0.05, 0.1) is 37.6 Å². The summed E-state index contributed by atoms with van der Waals surface area (Å²) in [6, 6.07) is 30.2. The van der Waals surface area contributed by atoms with Crippen LogP contribution in [0.5, 0.6) is 23.0 Å². The fraction of sp³-hybridized carbons (Fsp3) is 0.125. The lowest BCUT2D eigenvalue weighted by Gasteiger charge is -2.15. The number of hydrogen-bond acceptors (Lipinski definition) is 7. The van der Waals surface area contributed by atoms with Gasteiger partial charge in [-0.3, -0.25) is 9.69 Å². The van der Waals surface area contributed by atoms with Crippen LogP contribution in [0.1, 0.15) is 11.1 Å². The predicted molar refractivity (Wildman–Crippen MR) is 160 cm³/mol. The maximum Gasteiger partial charge on any atom is 0.271 e. The van der Waals surface area contributed by atoms with Gasteiger partial charge in [-0.2, -0.15) is 0 Å².